The zero-order valence-electron chi connectivity index (χ0n) is 20.4. The maximum absolute atomic E-state index is 12.2. The second-order valence-electron chi connectivity index (χ2n) is 8.73. The Morgan fingerprint density at radius 3 is 1.91 bits per heavy atom. The maximum Gasteiger partial charge on any atom is 0.336 e. The van der Waals surface area contributed by atoms with Gasteiger partial charge in [-0.3, -0.25) is 9.59 Å². The van der Waals surface area contributed by atoms with E-state index in [0.717, 1.165) is 25.7 Å². The lowest BCUT2D eigenvalue weighted by atomic mass is 10.1. The maximum atomic E-state index is 12.2. The molecule has 33 heavy (non-hydrogen) atoms. The van der Waals surface area contributed by atoms with Crippen LogP contribution in [0.1, 0.15) is 124 Å². The van der Waals surface area contributed by atoms with Crippen molar-refractivity contribution < 1.29 is 19.5 Å². The van der Waals surface area contributed by atoms with Crippen LogP contribution in [-0.4, -0.2) is 29.3 Å². The fourth-order valence-corrected chi connectivity index (χ4v) is 3.80. The fraction of sp³-hybridized carbons (Fsp3) is 0.607. The molecule has 1 rings (SSSR count). The van der Waals surface area contributed by atoms with E-state index in [9.17, 15) is 14.4 Å². The van der Waals surface area contributed by atoms with Crippen LogP contribution in [0.4, 0.5) is 0 Å². The van der Waals surface area contributed by atoms with Gasteiger partial charge in [0, 0.05) is 19.4 Å². The molecular weight excluding hydrogens is 414 g/mol. The number of ketones is 1. The third-order valence-electron chi connectivity index (χ3n) is 5.81. The molecule has 0 aromatic heterocycles. The molecule has 2 N–H and O–H groups in total. The van der Waals surface area contributed by atoms with Gasteiger partial charge in [-0.25, -0.2) is 4.79 Å². The number of carboxylic acid groups (broad SMARTS) is 1. The van der Waals surface area contributed by atoms with Gasteiger partial charge in [-0.15, -0.1) is 0 Å². The molecule has 0 atom stereocenters. The molecule has 1 aromatic carbocycles. The summed E-state index contributed by atoms with van der Waals surface area (Å²) in [6.07, 6.45) is 21.5. The van der Waals surface area contributed by atoms with Crippen LogP contribution < -0.4 is 5.32 Å². The lowest BCUT2D eigenvalue weighted by Gasteiger charge is -2.07. The largest absolute Gasteiger partial charge is 0.478 e. The van der Waals surface area contributed by atoms with E-state index in [1.165, 1.54) is 69.9 Å². The highest BCUT2D eigenvalue weighted by atomic mass is 16.4. The van der Waals surface area contributed by atoms with E-state index < -0.39 is 11.9 Å². The Hall–Kier alpha value is -2.43. The van der Waals surface area contributed by atoms with Crippen LogP contribution in [0.2, 0.25) is 0 Å². The number of aromatic carboxylic acids is 1. The van der Waals surface area contributed by atoms with Crippen molar-refractivity contribution in [1.82, 2.24) is 5.32 Å². The molecule has 5 nitrogen and oxygen atoms in total. The predicted molar refractivity (Wildman–Crippen MR) is 135 cm³/mol. The van der Waals surface area contributed by atoms with E-state index >= 15 is 0 Å². The highest BCUT2D eigenvalue weighted by Crippen LogP contribution is 2.11. The quantitative estimate of drug-likeness (QED) is 0.161. The van der Waals surface area contributed by atoms with Crippen LogP contribution in [-0.2, 0) is 4.79 Å². The lowest BCUT2D eigenvalue weighted by molar-refractivity contribution is -0.119. The number of hydrogen-bond donors (Lipinski definition) is 2. The lowest BCUT2D eigenvalue weighted by Crippen LogP contribution is -2.27. The number of hydrogen-bond acceptors (Lipinski definition) is 3. The highest BCUT2D eigenvalue weighted by molar-refractivity contribution is 6.04. The van der Waals surface area contributed by atoms with Crippen molar-refractivity contribution in [2.24, 2.45) is 0 Å². The van der Waals surface area contributed by atoms with Crippen LogP contribution >= 0.6 is 0 Å². The van der Waals surface area contributed by atoms with Gasteiger partial charge in [-0.2, -0.15) is 0 Å². The molecule has 184 valence electrons. The molecule has 0 radical (unpaired) electrons. The molecule has 0 fully saturated rings. The van der Waals surface area contributed by atoms with Crippen LogP contribution in [0, 0.1) is 0 Å². The van der Waals surface area contributed by atoms with Crippen molar-refractivity contribution in [3.05, 3.63) is 47.5 Å². The zero-order valence-corrected chi connectivity index (χ0v) is 20.4. The number of Topliss-reactive ketones (excluding diaryl/α,β-unsaturated/α-hetero) is 1. The monoisotopic (exact) mass is 457 g/mol. The molecule has 0 aliphatic rings. The summed E-state index contributed by atoms with van der Waals surface area (Å²) in [5, 5.41) is 11.8. The fourth-order valence-electron chi connectivity index (χ4n) is 3.80. The van der Waals surface area contributed by atoms with Crippen LogP contribution in [0.5, 0.6) is 0 Å². The normalized spacial score (nSPS) is 11.1. The summed E-state index contributed by atoms with van der Waals surface area (Å²) in [5.74, 6) is -1.46. The van der Waals surface area contributed by atoms with Crippen molar-refractivity contribution in [3.8, 4) is 0 Å². The summed E-state index contributed by atoms with van der Waals surface area (Å²) in [4.78, 5) is 35.4. The van der Waals surface area contributed by atoms with Gasteiger partial charge in [0.2, 0.25) is 0 Å². The van der Waals surface area contributed by atoms with Crippen molar-refractivity contribution in [1.29, 1.82) is 0 Å². The van der Waals surface area contributed by atoms with Gasteiger partial charge in [0.25, 0.3) is 5.91 Å². The summed E-state index contributed by atoms with van der Waals surface area (Å²) in [6, 6.07) is 6.08. The van der Waals surface area contributed by atoms with Gasteiger partial charge in [0.05, 0.1) is 11.1 Å². The van der Waals surface area contributed by atoms with Crippen molar-refractivity contribution in [2.45, 2.75) is 103 Å². The van der Waals surface area contributed by atoms with Gasteiger partial charge in [0.15, 0.2) is 0 Å². The Labute approximate surface area is 200 Å². The summed E-state index contributed by atoms with van der Waals surface area (Å²) < 4.78 is 0. The third kappa shape index (κ3) is 14.4. The molecule has 5 heteroatoms. The van der Waals surface area contributed by atoms with Gasteiger partial charge in [-0.1, -0.05) is 82.6 Å². The number of carbonyl (C=O) groups excluding carboxylic acids is 2. The zero-order chi connectivity index (χ0) is 24.2. The molecule has 0 aliphatic heterocycles. The molecule has 0 aliphatic carbocycles. The molecule has 0 spiro atoms. The predicted octanol–water partition coefficient (Wildman–Crippen LogP) is 7.11. The molecular formula is C28H43NO4. The van der Waals surface area contributed by atoms with Crippen LogP contribution in [0.3, 0.4) is 0 Å². The standard InChI is InChI=1S/C28H43NO4/c1-2-3-4-5-6-7-8-9-10-11-12-13-14-15-16-19-24(30)22-23-29-27(31)25-20-17-18-21-26(25)28(32)33/h9-10,17-18,20-21H,2-8,11-16,19,22-23H2,1H3,(H,29,31)(H,32,33). The van der Waals surface area contributed by atoms with E-state index in [2.05, 4.69) is 24.4 Å². The molecule has 0 saturated heterocycles. The minimum Gasteiger partial charge on any atom is -0.478 e. The van der Waals surface area contributed by atoms with E-state index in [1.54, 1.807) is 12.1 Å². The van der Waals surface area contributed by atoms with Gasteiger partial charge >= 0.3 is 5.97 Å². The SMILES string of the molecule is CCCCCCCCC=CCCCCCCCC(=O)CCNC(=O)c1ccccc1C(=O)O. The number of carbonyl (C=O) groups is 3. The van der Waals surface area contributed by atoms with Crippen molar-refractivity contribution >= 4 is 17.7 Å². The van der Waals surface area contributed by atoms with E-state index in [-0.39, 0.29) is 29.9 Å². The Kier molecular flexibility index (Phi) is 16.5. The number of amides is 1. The second kappa shape index (κ2) is 19.1. The summed E-state index contributed by atoms with van der Waals surface area (Å²) >= 11 is 0. The Balaban J connectivity index is 1.98. The van der Waals surface area contributed by atoms with Crippen LogP contribution in [0.15, 0.2) is 36.4 Å². The molecule has 0 saturated carbocycles. The number of allylic oxidation sites excluding steroid dienone is 2. The molecule has 1 aromatic rings. The van der Waals surface area contributed by atoms with Gasteiger partial charge in [0.1, 0.15) is 5.78 Å². The average molecular weight is 458 g/mol. The molecule has 0 bridgehead atoms. The smallest absolute Gasteiger partial charge is 0.336 e. The topological polar surface area (TPSA) is 83.5 Å². The second-order valence-corrected chi connectivity index (χ2v) is 8.73. The van der Waals surface area contributed by atoms with E-state index in [0.29, 0.717) is 6.42 Å². The van der Waals surface area contributed by atoms with Gasteiger partial charge < -0.3 is 10.4 Å². The minimum absolute atomic E-state index is 0.0328. The average Bonchev–Trinajstić information content (AvgIpc) is 2.81. The minimum atomic E-state index is -1.14. The highest BCUT2D eigenvalue weighted by Gasteiger charge is 2.15. The number of benzene rings is 1. The van der Waals surface area contributed by atoms with Crippen molar-refractivity contribution in [3.63, 3.8) is 0 Å². The van der Waals surface area contributed by atoms with Crippen molar-refractivity contribution in [2.75, 3.05) is 6.54 Å². The first-order chi connectivity index (χ1) is 16.1. The number of rotatable bonds is 20. The summed E-state index contributed by atoms with van der Waals surface area (Å²) in [6.45, 7) is 2.48. The first kappa shape index (κ1) is 28.6. The number of unbranched alkanes of at least 4 members (excludes halogenated alkanes) is 11. The first-order valence-corrected chi connectivity index (χ1v) is 12.8. The number of carboxylic acids is 1. The molecule has 0 unspecified atom stereocenters. The summed E-state index contributed by atoms with van der Waals surface area (Å²) in [5.41, 5.74) is 0.0873. The Morgan fingerprint density at radius 1 is 0.758 bits per heavy atom. The summed E-state index contributed by atoms with van der Waals surface area (Å²) in [7, 11) is 0. The Bertz CT molecular complexity index is 726. The van der Waals surface area contributed by atoms with E-state index in [1.807, 2.05) is 0 Å². The van der Waals surface area contributed by atoms with Gasteiger partial charge in [-0.05, 0) is 44.2 Å². The number of nitrogens with one attached hydrogen (secondary N) is 1. The Morgan fingerprint density at radius 2 is 1.30 bits per heavy atom. The first-order valence-electron chi connectivity index (χ1n) is 12.8. The molecule has 0 heterocycles. The van der Waals surface area contributed by atoms with E-state index in [4.69, 9.17) is 5.11 Å². The van der Waals surface area contributed by atoms with Crippen LogP contribution in [0.25, 0.3) is 0 Å². The third-order valence-corrected chi connectivity index (χ3v) is 5.81. The molecule has 1 amide bonds.